The second-order valence-electron chi connectivity index (χ2n) is 6.70. The first-order valence-corrected chi connectivity index (χ1v) is 8.23. The molecule has 1 fully saturated rings. The zero-order valence-electron chi connectivity index (χ0n) is 13.7. The molecule has 2 aliphatic rings. The molecule has 1 saturated heterocycles. The van der Waals surface area contributed by atoms with Crippen LogP contribution >= 0.6 is 0 Å². The van der Waals surface area contributed by atoms with E-state index in [1.54, 1.807) is 0 Å². The molecule has 1 heterocycles. The third kappa shape index (κ3) is 3.29. The van der Waals surface area contributed by atoms with Crippen LogP contribution in [0.1, 0.15) is 42.0 Å². The Kier molecular flexibility index (Phi) is 4.38. The number of rotatable bonds is 2. The number of hydrogen-bond acceptors (Lipinski definition) is 3. The second kappa shape index (κ2) is 6.24. The minimum absolute atomic E-state index is 0.114. The highest BCUT2D eigenvalue weighted by atomic mass is 19.4. The van der Waals surface area contributed by atoms with Gasteiger partial charge in [0.25, 0.3) is 0 Å². The van der Waals surface area contributed by atoms with Crippen LogP contribution in [-0.4, -0.2) is 24.0 Å². The van der Waals surface area contributed by atoms with Crippen molar-refractivity contribution < 1.29 is 22.8 Å². The van der Waals surface area contributed by atoms with Crippen LogP contribution in [0, 0.1) is 12.8 Å². The third-order valence-corrected chi connectivity index (χ3v) is 5.07. The Bertz CT molecular complexity index is 718. The molecule has 1 aliphatic heterocycles. The Labute approximate surface area is 143 Å². The molecule has 5 nitrogen and oxygen atoms in total. The van der Waals surface area contributed by atoms with E-state index in [1.165, 1.54) is 0 Å². The minimum Gasteiger partial charge on any atom is -0.398 e. The predicted molar refractivity (Wildman–Crippen MR) is 85.5 cm³/mol. The number of nitrogens with two attached hydrogens (primary N) is 1. The SMILES string of the molecule is Cc1ccc2c(c1N)CCC2NC(=O)C1CCC(C(F)(F)F)NC1=O. The zero-order chi connectivity index (χ0) is 18.4. The number of alkyl halides is 3. The van der Waals surface area contributed by atoms with Crippen molar-refractivity contribution in [1.29, 1.82) is 0 Å². The molecule has 8 heteroatoms. The van der Waals surface area contributed by atoms with Crippen molar-refractivity contribution in [3.8, 4) is 0 Å². The summed E-state index contributed by atoms with van der Waals surface area (Å²) in [4.78, 5) is 24.3. The summed E-state index contributed by atoms with van der Waals surface area (Å²) in [7, 11) is 0. The molecule has 1 aromatic rings. The number of hydrogen-bond donors (Lipinski definition) is 3. The van der Waals surface area contributed by atoms with E-state index < -0.39 is 30.0 Å². The largest absolute Gasteiger partial charge is 0.408 e. The third-order valence-electron chi connectivity index (χ3n) is 5.07. The zero-order valence-corrected chi connectivity index (χ0v) is 13.7. The Morgan fingerprint density at radius 1 is 1.28 bits per heavy atom. The van der Waals surface area contributed by atoms with Crippen molar-refractivity contribution in [2.45, 2.75) is 50.9 Å². The molecule has 0 aromatic heterocycles. The van der Waals surface area contributed by atoms with Gasteiger partial charge in [-0.05, 0) is 49.3 Å². The van der Waals surface area contributed by atoms with E-state index in [0.29, 0.717) is 12.1 Å². The fraction of sp³-hybridized carbons (Fsp3) is 0.529. The molecule has 3 unspecified atom stereocenters. The molecular formula is C17H20F3N3O2. The maximum Gasteiger partial charge on any atom is 0.408 e. The number of nitrogens with one attached hydrogen (secondary N) is 2. The first-order valence-electron chi connectivity index (χ1n) is 8.23. The van der Waals surface area contributed by atoms with Gasteiger partial charge in [0.2, 0.25) is 11.8 Å². The lowest BCUT2D eigenvalue weighted by Gasteiger charge is -2.30. The van der Waals surface area contributed by atoms with Gasteiger partial charge >= 0.3 is 6.18 Å². The molecule has 25 heavy (non-hydrogen) atoms. The fourth-order valence-corrected chi connectivity index (χ4v) is 3.58. The molecule has 2 amide bonds. The van der Waals surface area contributed by atoms with Gasteiger partial charge in [-0.25, -0.2) is 0 Å². The number of aryl methyl sites for hydroxylation is 1. The average molecular weight is 355 g/mol. The highest BCUT2D eigenvalue weighted by Gasteiger charge is 2.46. The number of nitrogen functional groups attached to an aromatic ring is 1. The van der Waals surface area contributed by atoms with Crippen molar-refractivity contribution >= 4 is 17.5 Å². The van der Waals surface area contributed by atoms with Crippen LogP contribution in [0.3, 0.4) is 0 Å². The van der Waals surface area contributed by atoms with Crippen LogP contribution in [-0.2, 0) is 16.0 Å². The Morgan fingerprint density at radius 3 is 2.64 bits per heavy atom. The Balaban J connectivity index is 1.67. The first-order chi connectivity index (χ1) is 11.7. The molecule has 0 spiro atoms. The van der Waals surface area contributed by atoms with Crippen molar-refractivity contribution in [3.63, 3.8) is 0 Å². The molecule has 3 rings (SSSR count). The minimum atomic E-state index is -4.49. The van der Waals surface area contributed by atoms with Crippen molar-refractivity contribution in [1.82, 2.24) is 10.6 Å². The number of carbonyl (C=O) groups is 2. The quantitative estimate of drug-likeness (QED) is 0.561. The Hall–Kier alpha value is -2.25. The van der Waals surface area contributed by atoms with Gasteiger partial charge in [-0.2, -0.15) is 13.2 Å². The summed E-state index contributed by atoms with van der Waals surface area (Å²) in [6.07, 6.45) is -3.51. The van der Waals surface area contributed by atoms with E-state index >= 15 is 0 Å². The molecule has 4 N–H and O–H groups in total. The van der Waals surface area contributed by atoms with Crippen LogP contribution < -0.4 is 16.4 Å². The van der Waals surface area contributed by atoms with E-state index in [9.17, 15) is 22.8 Å². The van der Waals surface area contributed by atoms with E-state index in [-0.39, 0.29) is 18.9 Å². The molecule has 136 valence electrons. The highest BCUT2D eigenvalue weighted by Crippen LogP contribution is 2.36. The average Bonchev–Trinajstić information content (AvgIpc) is 2.93. The lowest BCUT2D eigenvalue weighted by atomic mass is 9.92. The molecule has 0 saturated carbocycles. The predicted octanol–water partition coefficient (Wildman–Crippen LogP) is 2.14. The van der Waals surface area contributed by atoms with Gasteiger partial charge in [0.05, 0.1) is 6.04 Å². The maximum absolute atomic E-state index is 12.7. The van der Waals surface area contributed by atoms with Gasteiger partial charge in [0.15, 0.2) is 0 Å². The summed E-state index contributed by atoms with van der Waals surface area (Å²) in [5, 5.41) is 4.70. The summed E-state index contributed by atoms with van der Waals surface area (Å²) in [5.41, 5.74) is 9.65. The summed E-state index contributed by atoms with van der Waals surface area (Å²) in [5.74, 6) is -2.49. The summed E-state index contributed by atoms with van der Waals surface area (Å²) < 4.78 is 38.0. The number of piperidine rings is 1. The Morgan fingerprint density at radius 2 is 2.00 bits per heavy atom. The van der Waals surface area contributed by atoms with Crippen LogP contribution in [0.4, 0.5) is 18.9 Å². The lowest BCUT2D eigenvalue weighted by molar-refractivity contribution is -0.171. The fourth-order valence-electron chi connectivity index (χ4n) is 3.58. The van der Waals surface area contributed by atoms with E-state index in [2.05, 4.69) is 5.32 Å². The van der Waals surface area contributed by atoms with Gasteiger partial charge in [0, 0.05) is 5.69 Å². The van der Waals surface area contributed by atoms with Crippen LogP contribution in [0.5, 0.6) is 0 Å². The van der Waals surface area contributed by atoms with Gasteiger partial charge in [-0.15, -0.1) is 0 Å². The van der Waals surface area contributed by atoms with Crippen LogP contribution in [0.15, 0.2) is 12.1 Å². The van der Waals surface area contributed by atoms with E-state index in [0.717, 1.165) is 23.1 Å². The molecule has 1 aliphatic carbocycles. The van der Waals surface area contributed by atoms with Gasteiger partial charge in [0.1, 0.15) is 12.0 Å². The number of carbonyl (C=O) groups excluding carboxylic acids is 2. The number of benzene rings is 1. The van der Waals surface area contributed by atoms with Crippen molar-refractivity contribution in [2.24, 2.45) is 5.92 Å². The molecule has 0 radical (unpaired) electrons. The maximum atomic E-state index is 12.7. The molecule has 0 bridgehead atoms. The standard InChI is InChI=1S/C17H20F3N3O2/c1-8-2-3-9-10(14(8)21)4-6-12(9)22-15(24)11-5-7-13(17(18,19)20)23-16(11)25/h2-3,11-13H,4-7,21H2,1H3,(H,22,24)(H,23,25). The van der Waals surface area contributed by atoms with Gasteiger partial charge in [-0.3, -0.25) is 9.59 Å². The first kappa shape index (κ1) is 17.6. The summed E-state index contributed by atoms with van der Waals surface area (Å²) in [6, 6.07) is 1.64. The van der Waals surface area contributed by atoms with E-state index in [4.69, 9.17) is 5.73 Å². The highest BCUT2D eigenvalue weighted by molar-refractivity contribution is 6.01. The number of halogens is 3. The number of anilines is 1. The smallest absolute Gasteiger partial charge is 0.398 e. The summed E-state index contributed by atoms with van der Waals surface area (Å²) in [6.45, 7) is 1.91. The lowest BCUT2D eigenvalue weighted by Crippen LogP contribution is -2.54. The normalized spacial score (nSPS) is 26.1. The van der Waals surface area contributed by atoms with Crippen molar-refractivity contribution in [2.75, 3.05) is 5.73 Å². The molecule has 1 aromatic carbocycles. The summed E-state index contributed by atoms with van der Waals surface area (Å²) >= 11 is 0. The van der Waals surface area contributed by atoms with E-state index in [1.807, 2.05) is 24.4 Å². The monoisotopic (exact) mass is 355 g/mol. The van der Waals surface area contributed by atoms with Gasteiger partial charge in [-0.1, -0.05) is 12.1 Å². The molecular weight excluding hydrogens is 335 g/mol. The molecule has 3 atom stereocenters. The van der Waals surface area contributed by atoms with Gasteiger partial charge < -0.3 is 16.4 Å². The topological polar surface area (TPSA) is 84.2 Å². The van der Waals surface area contributed by atoms with Crippen LogP contribution in [0.2, 0.25) is 0 Å². The number of amides is 2. The second-order valence-corrected chi connectivity index (χ2v) is 6.70. The van der Waals surface area contributed by atoms with Crippen LogP contribution in [0.25, 0.3) is 0 Å². The number of fused-ring (bicyclic) bond motifs is 1. The van der Waals surface area contributed by atoms with Crippen molar-refractivity contribution in [3.05, 3.63) is 28.8 Å².